The van der Waals surface area contributed by atoms with Crippen molar-refractivity contribution in [1.29, 1.82) is 0 Å². The quantitative estimate of drug-likeness (QED) is 0.884. The zero-order valence-electron chi connectivity index (χ0n) is 11.3. The molecule has 0 bridgehead atoms. The van der Waals surface area contributed by atoms with E-state index in [9.17, 15) is 0 Å². The van der Waals surface area contributed by atoms with E-state index in [2.05, 4.69) is 38.1 Å². The molecule has 1 unspecified atom stereocenters. The first-order chi connectivity index (χ1) is 8.69. The van der Waals surface area contributed by atoms with Gasteiger partial charge in [-0.05, 0) is 22.8 Å². The lowest BCUT2D eigenvalue weighted by Gasteiger charge is -2.23. The van der Waals surface area contributed by atoms with Crippen molar-refractivity contribution < 1.29 is 4.74 Å². The molecule has 0 saturated carbocycles. The highest BCUT2D eigenvalue weighted by molar-refractivity contribution is 5.88. The van der Waals surface area contributed by atoms with Crippen molar-refractivity contribution in [3.05, 3.63) is 42.0 Å². The molecule has 0 fully saturated rings. The van der Waals surface area contributed by atoms with Gasteiger partial charge in [0.05, 0.1) is 7.11 Å². The van der Waals surface area contributed by atoms with E-state index < -0.39 is 0 Å². The monoisotopic (exact) mass is 243 g/mol. The molecule has 0 radical (unpaired) electrons. The smallest absolute Gasteiger partial charge is 0.124 e. The highest BCUT2D eigenvalue weighted by Crippen LogP contribution is 2.35. The van der Waals surface area contributed by atoms with Gasteiger partial charge in [-0.15, -0.1) is 0 Å². The second-order valence-electron chi connectivity index (χ2n) is 4.81. The van der Waals surface area contributed by atoms with Crippen LogP contribution in [-0.4, -0.2) is 7.11 Å². The number of hydrogen-bond donors (Lipinski definition) is 1. The Bertz CT molecular complexity index is 536. The lowest BCUT2D eigenvalue weighted by atomic mass is 9.89. The molecular weight excluding hydrogens is 222 g/mol. The van der Waals surface area contributed by atoms with Crippen LogP contribution in [0.4, 0.5) is 0 Å². The third kappa shape index (κ3) is 2.21. The fourth-order valence-corrected chi connectivity index (χ4v) is 2.34. The molecule has 18 heavy (non-hydrogen) atoms. The van der Waals surface area contributed by atoms with Gasteiger partial charge in [0, 0.05) is 11.6 Å². The summed E-state index contributed by atoms with van der Waals surface area (Å²) in [6, 6.07) is 12.4. The maximum atomic E-state index is 6.41. The molecule has 0 aliphatic rings. The number of nitrogens with two attached hydrogens (primary N) is 1. The predicted molar refractivity (Wildman–Crippen MR) is 76.9 cm³/mol. The minimum atomic E-state index is 0.0102. The van der Waals surface area contributed by atoms with Crippen molar-refractivity contribution >= 4 is 10.8 Å². The molecule has 0 aromatic heterocycles. The molecule has 2 rings (SSSR count). The Morgan fingerprint density at radius 2 is 1.89 bits per heavy atom. The van der Waals surface area contributed by atoms with E-state index in [0.29, 0.717) is 5.92 Å². The summed E-state index contributed by atoms with van der Waals surface area (Å²) in [5.41, 5.74) is 7.54. The summed E-state index contributed by atoms with van der Waals surface area (Å²) in [4.78, 5) is 0. The Balaban J connectivity index is 2.64. The van der Waals surface area contributed by atoms with Crippen LogP contribution in [0.2, 0.25) is 0 Å². The Kier molecular flexibility index (Phi) is 3.87. The maximum absolute atomic E-state index is 6.41. The summed E-state index contributed by atoms with van der Waals surface area (Å²) in [6.45, 7) is 4.36. The van der Waals surface area contributed by atoms with Gasteiger partial charge in [0.1, 0.15) is 5.75 Å². The molecule has 0 heterocycles. The Hall–Kier alpha value is -1.54. The van der Waals surface area contributed by atoms with Crippen LogP contribution in [0.3, 0.4) is 0 Å². The molecule has 2 nitrogen and oxygen atoms in total. The molecular formula is C16H21NO. The van der Waals surface area contributed by atoms with Crippen LogP contribution in [-0.2, 0) is 0 Å². The van der Waals surface area contributed by atoms with E-state index in [4.69, 9.17) is 10.5 Å². The van der Waals surface area contributed by atoms with Crippen molar-refractivity contribution in [3.63, 3.8) is 0 Å². The van der Waals surface area contributed by atoms with Crippen molar-refractivity contribution in [1.82, 2.24) is 0 Å². The standard InChI is InChI=1S/C16H21NO/c1-4-11(2)16(17)15-13-8-6-5-7-12(13)9-10-14(15)18-3/h5-11,16H,4,17H2,1-3H3/t11?,16-/m1/s1. The molecule has 0 saturated heterocycles. The molecule has 0 amide bonds. The van der Waals surface area contributed by atoms with Crippen LogP contribution in [0.1, 0.15) is 31.9 Å². The van der Waals surface area contributed by atoms with Crippen LogP contribution < -0.4 is 10.5 Å². The number of hydrogen-bond acceptors (Lipinski definition) is 2. The van der Waals surface area contributed by atoms with Gasteiger partial charge in [-0.25, -0.2) is 0 Å². The first-order valence-corrected chi connectivity index (χ1v) is 6.50. The molecule has 0 aliphatic heterocycles. The highest BCUT2D eigenvalue weighted by atomic mass is 16.5. The van der Waals surface area contributed by atoms with Gasteiger partial charge in [-0.2, -0.15) is 0 Å². The number of fused-ring (bicyclic) bond motifs is 1. The second-order valence-corrected chi connectivity index (χ2v) is 4.81. The van der Waals surface area contributed by atoms with E-state index in [0.717, 1.165) is 17.7 Å². The second kappa shape index (κ2) is 5.40. The average Bonchev–Trinajstić information content (AvgIpc) is 2.44. The zero-order valence-corrected chi connectivity index (χ0v) is 11.3. The SMILES string of the molecule is CCC(C)[C@@H](N)c1c(OC)ccc2ccccc12. The van der Waals surface area contributed by atoms with Crippen LogP contribution >= 0.6 is 0 Å². The van der Waals surface area contributed by atoms with Crippen LogP contribution in [0.5, 0.6) is 5.75 Å². The van der Waals surface area contributed by atoms with Crippen LogP contribution in [0.15, 0.2) is 36.4 Å². The van der Waals surface area contributed by atoms with E-state index in [1.54, 1.807) is 7.11 Å². The summed E-state index contributed by atoms with van der Waals surface area (Å²) >= 11 is 0. The highest BCUT2D eigenvalue weighted by Gasteiger charge is 2.19. The topological polar surface area (TPSA) is 35.2 Å². The van der Waals surface area contributed by atoms with Crippen molar-refractivity contribution in [2.75, 3.05) is 7.11 Å². The molecule has 2 aromatic carbocycles. The van der Waals surface area contributed by atoms with Crippen molar-refractivity contribution in [2.24, 2.45) is 11.7 Å². The van der Waals surface area contributed by atoms with E-state index in [1.807, 2.05) is 12.1 Å². The third-order valence-electron chi connectivity index (χ3n) is 3.74. The maximum Gasteiger partial charge on any atom is 0.124 e. The van der Waals surface area contributed by atoms with Crippen molar-refractivity contribution in [3.8, 4) is 5.75 Å². The average molecular weight is 243 g/mol. The third-order valence-corrected chi connectivity index (χ3v) is 3.74. The Morgan fingerprint density at radius 3 is 2.56 bits per heavy atom. The number of ether oxygens (including phenoxy) is 1. The number of benzene rings is 2. The molecule has 0 aliphatic carbocycles. The first kappa shape index (κ1) is 12.9. The summed E-state index contributed by atoms with van der Waals surface area (Å²) in [7, 11) is 1.71. The number of methoxy groups -OCH3 is 1. The van der Waals surface area contributed by atoms with Gasteiger partial charge < -0.3 is 10.5 Å². The molecule has 2 heteroatoms. The zero-order chi connectivity index (χ0) is 13.1. The van der Waals surface area contributed by atoms with Gasteiger partial charge in [0.25, 0.3) is 0 Å². The van der Waals surface area contributed by atoms with Gasteiger partial charge >= 0.3 is 0 Å². The van der Waals surface area contributed by atoms with Crippen molar-refractivity contribution in [2.45, 2.75) is 26.3 Å². The Labute approximate surface area is 109 Å². The molecule has 2 atom stereocenters. The summed E-state index contributed by atoms with van der Waals surface area (Å²) < 4.78 is 5.49. The van der Waals surface area contributed by atoms with Crippen LogP contribution in [0.25, 0.3) is 10.8 Å². The minimum absolute atomic E-state index is 0.0102. The van der Waals surface area contributed by atoms with E-state index >= 15 is 0 Å². The predicted octanol–water partition coefficient (Wildman–Crippen LogP) is 3.89. The minimum Gasteiger partial charge on any atom is -0.496 e. The largest absolute Gasteiger partial charge is 0.496 e. The van der Waals surface area contributed by atoms with E-state index in [1.165, 1.54) is 10.8 Å². The van der Waals surface area contributed by atoms with Gasteiger partial charge in [0.2, 0.25) is 0 Å². The summed E-state index contributed by atoms with van der Waals surface area (Å²) in [5, 5.41) is 2.41. The number of rotatable bonds is 4. The van der Waals surface area contributed by atoms with Gasteiger partial charge in [-0.1, -0.05) is 50.6 Å². The normalized spacial score (nSPS) is 14.4. The molecule has 2 aromatic rings. The van der Waals surface area contributed by atoms with Gasteiger partial charge in [-0.3, -0.25) is 0 Å². The molecule has 96 valence electrons. The summed E-state index contributed by atoms with van der Waals surface area (Å²) in [5.74, 6) is 1.33. The Morgan fingerprint density at radius 1 is 1.17 bits per heavy atom. The first-order valence-electron chi connectivity index (χ1n) is 6.50. The van der Waals surface area contributed by atoms with Gasteiger partial charge in [0.15, 0.2) is 0 Å². The molecule has 2 N–H and O–H groups in total. The van der Waals surface area contributed by atoms with E-state index in [-0.39, 0.29) is 6.04 Å². The fraction of sp³-hybridized carbons (Fsp3) is 0.375. The molecule has 0 spiro atoms. The lowest BCUT2D eigenvalue weighted by molar-refractivity contribution is 0.390. The fourth-order valence-electron chi connectivity index (χ4n) is 2.34. The van der Waals surface area contributed by atoms with Crippen LogP contribution in [0, 0.1) is 5.92 Å². The summed E-state index contributed by atoms with van der Waals surface area (Å²) in [6.07, 6.45) is 1.06. The lowest BCUT2D eigenvalue weighted by Crippen LogP contribution is -2.19.